The van der Waals surface area contributed by atoms with Gasteiger partial charge in [-0.15, -0.1) is 11.3 Å². The molecule has 0 aliphatic heterocycles. The first-order valence-electron chi connectivity index (χ1n) is 4.69. The van der Waals surface area contributed by atoms with Gasteiger partial charge in [0.25, 0.3) is 0 Å². The molecule has 4 nitrogen and oxygen atoms in total. The number of aromatic nitrogens is 1. The van der Waals surface area contributed by atoms with E-state index in [-0.39, 0.29) is 5.91 Å². The second kappa shape index (κ2) is 3.96. The smallest absolute Gasteiger partial charge is 0.226 e. The van der Waals surface area contributed by atoms with Gasteiger partial charge in [0.05, 0.1) is 12.1 Å². The lowest BCUT2D eigenvalue weighted by atomic mass is 10.3. The topological polar surface area (TPSA) is 54.0 Å². The summed E-state index contributed by atoms with van der Waals surface area (Å²) in [6, 6.07) is 0.435. The Morgan fingerprint density at radius 1 is 1.71 bits per heavy atom. The fourth-order valence-electron chi connectivity index (χ4n) is 1.17. The van der Waals surface area contributed by atoms with Gasteiger partial charge in [0.15, 0.2) is 5.13 Å². The molecule has 1 fully saturated rings. The molecule has 14 heavy (non-hydrogen) atoms. The summed E-state index contributed by atoms with van der Waals surface area (Å²) in [5.41, 5.74) is 0.845. The van der Waals surface area contributed by atoms with Gasteiger partial charge in [-0.2, -0.15) is 0 Å². The van der Waals surface area contributed by atoms with Crippen LogP contribution in [0.3, 0.4) is 0 Å². The summed E-state index contributed by atoms with van der Waals surface area (Å²) >= 11 is 1.52. The number of nitrogens with one attached hydrogen (secondary N) is 2. The van der Waals surface area contributed by atoms with Crippen LogP contribution in [0.15, 0.2) is 5.38 Å². The van der Waals surface area contributed by atoms with E-state index in [0.717, 1.165) is 23.7 Å². The van der Waals surface area contributed by atoms with E-state index in [9.17, 15) is 4.79 Å². The first-order valence-corrected chi connectivity index (χ1v) is 5.57. The molecule has 0 bridgehead atoms. The van der Waals surface area contributed by atoms with Crippen molar-refractivity contribution in [3.05, 3.63) is 11.1 Å². The number of hydrogen-bond acceptors (Lipinski definition) is 4. The lowest BCUT2D eigenvalue weighted by Crippen LogP contribution is -2.27. The third-order valence-corrected chi connectivity index (χ3v) is 2.96. The Morgan fingerprint density at radius 2 is 2.50 bits per heavy atom. The van der Waals surface area contributed by atoms with Crippen molar-refractivity contribution in [1.82, 2.24) is 10.3 Å². The highest BCUT2D eigenvalue weighted by molar-refractivity contribution is 7.13. The van der Waals surface area contributed by atoms with Crippen molar-refractivity contribution in [3.63, 3.8) is 0 Å². The number of carbonyl (C=O) groups is 1. The molecule has 76 valence electrons. The highest BCUT2D eigenvalue weighted by Crippen LogP contribution is 2.19. The Bertz CT molecular complexity index is 333. The van der Waals surface area contributed by atoms with Crippen LogP contribution in [0.2, 0.25) is 0 Å². The highest BCUT2D eigenvalue weighted by atomic mass is 32.1. The molecule has 1 aromatic rings. The van der Waals surface area contributed by atoms with Crippen LogP contribution >= 0.6 is 11.3 Å². The van der Waals surface area contributed by atoms with E-state index in [4.69, 9.17) is 0 Å². The van der Waals surface area contributed by atoms with Gasteiger partial charge in [-0.05, 0) is 12.8 Å². The van der Waals surface area contributed by atoms with E-state index in [2.05, 4.69) is 15.6 Å². The molecule has 0 atom stereocenters. The van der Waals surface area contributed by atoms with Gasteiger partial charge >= 0.3 is 0 Å². The minimum Gasteiger partial charge on any atom is -0.365 e. The van der Waals surface area contributed by atoms with Crippen molar-refractivity contribution in [2.45, 2.75) is 25.3 Å². The Balaban J connectivity index is 1.85. The summed E-state index contributed by atoms with van der Waals surface area (Å²) in [4.78, 5) is 15.6. The summed E-state index contributed by atoms with van der Waals surface area (Å²) in [7, 11) is 1.83. The number of hydrogen-bond donors (Lipinski definition) is 2. The molecule has 0 unspecified atom stereocenters. The standard InChI is InChI=1S/C9H13N3OS/c1-10-9-12-7(5-14-9)4-8(13)11-6-2-3-6/h5-6H,2-4H2,1H3,(H,10,12)(H,11,13). The molecule has 1 aliphatic carbocycles. The summed E-state index contributed by atoms with van der Waals surface area (Å²) in [6.07, 6.45) is 2.66. The summed E-state index contributed by atoms with van der Waals surface area (Å²) in [5.74, 6) is 0.0838. The molecular weight excluding hydrogens is 198 g/mol. The fourth-order valence-corrected chi connectivity index (χ4v) is 1.85. The zero-order valence-electron chi connectivity index (χ0n) is 8.04. The van der Waals surface area contributed by atoms with E-state index in [1.54, 1.807) is 0 Å². The molecule has 1 aromatic heterocycles. The lowest BCUT2D eigenvalue weighted by molar-refractivity contribution is -0.120. The summed E-state index contributed by atoms with van der Waals surface area (Å²) in [6.45, 7) is 0. The summed E-state index contributed by atoms with van der Waals surface area (Å²) in [5, 5.41) is 8.66. The maximum atomic E-state index is 11.4. The number of rotatable bonds is 4. The fraction of sp³-hybridized carbons (Fsp3) is 0.556. The Hall–Kier alpha value is -1.10. The SMILES string of the molecule is CNc1nc(CC(=O)NC2CC2)cs1. The van der Waals surface area contributed by atoms with Crippen LogP contribution < -0.4 is 10.6 Å². The average Bonchev–Trinajstić information content (AvgIpc) is 2.83. The number of nitrogens with zero attached hydrogens (tertiary/aromatic N) is 1. The van der Waals surface area contributed by atoms with Crippen LogP contribution in [0.25, 0.3) is 0 Å². The molecule has 0 aromatic carbocycles. The second-order valence-electron chi connectivity index (χ2n) is 3.41. The van der Waals surface area contributed by atoms with Crippen molar-refractivity contribution in [3.8, 4) is 0 Å². The monoisotopic (exact) mass is 211 g/mol. The molecule has 0 radical (unpaired) electrons. The highest BCUT2D eigenvalue weighted by Gasteiger charge is 2.23. The number of amides is 1. The van der Waals surface area contributed by atoms with Crippen LogP contribution in [0.4, 0.5) is 5.13 Å². The first-order chi connectivity index (χ1) is 6.78. The van der Waals surface area contributed by atoms with E-state index in [1.807, 2.05) is 12.4 Å². The molecule has 0 saturated heterocycles. The van der Waals surface area contributed by atoms with Crippen molar-refractivity contribution < 1.29 is 4.79 Å². The van der Waals surface area contributed by atoms with Crippen molar-refractivity contribution >= 4 is 22.4 Å². The maximum absolute atomic E-state index is 11.4. The van der Waals surface area contributed by atoms with Crippen molar-refractivity contribution in [2.75, 3.05) is 12.4 Å². The zero-order valence-corrected chi connectivity index (χ0v) is 8.86. The van der Waals surface area contributed by atoms with Crippen molar-refractivity contribution in [1.29, 1.82) is 0 Å². The van der Waals surface area contributed by atoms with Crippen LogP contribution in [0, 0.1) is 0 Å². The summed E-state index contributed by atoms with van der Waals surface area (Å²) < 4.78 is 0. The molecular formula is C9H13N3OS. The van der Waals surface area contributed by atoms with E-state index < -0.39 is 0 Å². The van der Waals surface area contributed by atoms with Gasteiger partial charge in [-0.25, -0.2) is 4.98 Å². The molecule has 0 spiro atoms. The Morgan fingerprint density at radius 3 is 3.07 bits per heavy atom. The van der Waals surface area contributed by atoms with Crippen LogP contribution in [0.5, 0.6) is 0 Å². The minimum absolute atomic E-state index is 0.0838. The Labute approximate surface area is 86.7 Å². The maximum Gasteiger partial charge on any atom is 0.226 e. The third-order valence-electron chi connectivity index (χ3n) is 2.05. The predicted octanol–water partition coefficient (Wildman–Crippen LogP) is 1.01. The van der Waals surface area contributed by atoms with Gasteiger partial charge in [-0.3, -0.25) is 4.79 Å². The largest absolute Gasteiger partial charge is 0.365 e. The minimum atomic E-state index is 0.0838. The molecule has 1 heterocycles. The molecule has 1 saturated carbocycles. The molecule has 2 rings (SSSR count). The predicted molar refractivity (Wildman–Crippen MR) is 56.5 cm³/mol. The molecule has 2 N–H and O–H groups in total. The van der Waals surface area contributed by atoms with Gasteiger partial charge in [-0.1, -0.05) is 0 Å². The molecule has 5 heteroatoms. The van der Waals surface area contributed by atoms with Gasteiger partial charge in [0, 0.05) is 18.5 Å². The first kappa shape index (κ1) is 9.45. The third kappa shape index (κ3) is 2.45. The van der Waals surface area contributed by atoms with Crippen molar-refractivity contribution in [2.24, 2.45) is 0 Å². The Kier molecular flexibility index (Phi) is 2.67. The van der Waals surface area contributed by atoms with E-state index in [0.29, 0.717) is 12.5 Å². The van der Waals surface area contributed by atoms with Gasteiger partial charge < -0.3 is 10.6 Å². The van der Waals surface area contributed by atoms with E-state index in [1.165, 1.54) is 11.3 Å². The molecule has 1 aliphatic rings. The number of thiazole rings is 1. The van der Waals surface area contributed by atoms with Crippen LogP contribution in [-0.2, 0) is 11.2 Å². The molecule has 1 amide bonds. The van der Waals surface area contributed by atoms with Gasteiger partial charge in [0.2, 0.25) is 5.91 Å². The van der Waals surface area contributed by atoms with E-state index >= 15 is 0 Å². The normalized spacial score (nSPS) is 15.2. The quantitative estimate of drug-likeness (QED) is 0.781. The second-order valence-corrected chi connectivity index (χ2v) is 4.27. The van der Waals surface area contributed by atoms with Crippen LogP contribution in [0.1, 0.15) is 18.5 Å². The van der Waals surface area contributed by atoms with Crippen LogP contribution in [-0.4, -0.2) is 24.0 Å². The number of carbonyl (C=O) groups excluding carboxylic acids is 1. The van der Waals surface area contributed by atoms with Gasteiger partial charge in [0.1, 0.15) is 0 Å². The average molecular weight is 211 g/mol. The number of anilines is 1. The lowest BCUT2D eigenvalue weighted by Gasteiger charge is -1.99. The zero-order chi connectivity index (χ0) is 9.97.